The first kappa shape index (κ1) is 35.9. The lowest BCUT2D eigenvalue weighted by molar-refractivity contribution is -0.164. The molecule has 15 heteroatoms. The van der Waals surface area contributed by atoms with Crippen molar-refractivity contribution in [3.8, 4) is 0 Å². The Bertz CT molecular complexity index is 1110. The summed E-state index contributed by atoms with van der Waals surface area (Å²) >= 11 is 6.42. The molecule has 9 N–H and O–H groups in total. The van der Waals surface area contributed by atoms with Gasteiger partial charge in [0.05, 0.1) is 56.3 Å². The molecule has 2 rings (SSSR count). The molecular formula is C26H37ClN2O12. The van der Waals surface area contributed by atoms with Gasteiger partial charge >= 0.3 is 17.9 Å². The molecule has 1 aromatic rings. The number of ether oxygens (including phenoxy) is 3. The summed E-state index contributed by atoms with van der Waals surface area (Å²) in [5.41, 5.74) is 7.70. The molecule has 0 bridgehead atoms. The Morgan fingerprint density at radius 3 is 2.22 bits per heavy atom. The minimum atomic E-state index is -2.20. The van der Waals surface area contributed by atoms with Crippen LogP contribution in [-0.4, -0.2) is 113 Å². The van der Waals surface area contributed by atoms with Gasteiger partial charge in [0.2, 0.25) is 0 Å². The second kappa shape index (κ2) is 17.7. The van der Waals surface area contributed by atoms with Gasteiger partial charge in [-0.05, 0) is 25.5 Å². The minimum absolute atomic E-state index is 0.109. The maximum Gasteiger partial charge on any atom is 0.336 e. The lowest BCUT2D eigenvalue weighted by Crippen LogP contribution is -2.48. The first-order chi connectivity index (χ1) is 19.4. The van der Waals surface area contributed by atoms with E-state index in [2.05, 4.69) is 5.32 Å². The quantitative estimate of drug-likeness (QED) is 0.0972. The van der Waals surface area contributed by atoms with Crippen molar-refractivity contribution in [3.05, 3.63) is 57.4 Å². The van der Waals surface area contributed by atoms with Gasteiger partial charge in [0.25, 0.3) is 0 Å². The second-order valence-electron chi connectivity index (χ2n) is 8.58. The van der Waals surface area contributed by atoms with Gasteiger partial charge in [0, 0.05) is 17.3 Å². The Morgan fingerprint density at radius 2 is 1.71 bits per heavy atom. The maximum absolute atomic E-state index is 12.9. The molecule has 0 saturated carbocycles. The van der Waals surface area contributed by atoms with Crippen molar-refractivity contribution in [3.63, 3.8) is 0 Å². The van der Waals surface area contributed by atoms with Crippen LogP contribution in [0.4, 0.5) is 0 Å². The normalized spacial score (nSPS) is 17.9. The molecule has 230 valence electrons. The lowest BCUT2D eigenvalue weighted by Gasteiger charge is -2.31. The molecule has 1 aliphatic heterocycles. The number of carbonyl (C=O) groups is 3. The average molecular weight is 605 g/mol. The summed E-state index contributed by atoms with van der Waals surface area (Å²) in [7, 11) is 1.29. The Hall–Kier alpha value is -3.08. The van der Waals surface area contributed by atoms with Crippen LogP contribution in [0.2, 0.25) is 5.02 Å². The van der Waals surface area contributed by atoms with Gasteiger partial charge < -0.3 is 55.9 Å². The largest absolute Gasteiger partial charge is 0.479 e. The number of rotatable bonds is 13. The predicted octanol–water partition coefficient (Wildman–Crippen LogP) is -1.23. The number of aliphatic hydroxyl groups excluding tert-OH is 5. The summed E-state index contributed by atoms with van der Waals surface area (Å²) in [6.45, 7) is 3.57. The van der Waals surface area contributed by atoms with Crippen LogP contribution in [0.5, 0.6) is 0 Å². The highest BCUT2D eigenvalue weighted by atomic mass is 35.5. The van der Waals surface area contributed by atoms with Crippen LogP contribution < -0.4 is 11.1 Å². The molecule has 14 nitrogen and oxygen atoms in total. The van der Waals surface area contributed by atoms with Gasteiger partial charge in [-0.1, -0.05) is 29.8 Å². The van der Waals surface area contributed by atoms with E-state index < -0.39 is 54.8 Å². The van der Waals surface area contributed by atoms with E-state index in [1.807, 2.05) is 0 Å². The third kappa shape index (κ3) is 9.76. The number of halogens is 1. The fourth-order valence-corrected chi connectivity index (χ4v) is 4.03. The van der Waals surface area contributed by atoms with Crippen LogP contribution in [0.1, 0.15) is 25.3 Å². The number of carboxylic acid groups (broad SMARTS) is 1. The number of aliphatic hydroxyl groups is 5. The number of esters is 2. The molecule has 5 atom stereocenters. The van der Waals surface area contributed by atoms with Gasteiger partial charge in [-0.2, -0.15) is 0 Å². The number of allylic oxidation sites excluding steroid dienone is 1. The van der Waals surface area contributed by atoms with Gasteiger partial charge in [-0.3, -0.25) is 0 Å². The minimum Gasteiger partial charge on any atom is -0.479 e. The standard InChI is InChI=1S/C20H25ClN2O5.C6H12O7/c1-4-28-20(25)18-15(11-27-10-9-22)23-12(2)16(19(24)26-3)17(18)13-7-5-6-8-14(13)21;7-1-2(8)3(9)4(10)5(11)6(12)13/h5-8,17,23H,4,9-11,22H2,1-3H3;2-5,7-11H,1H2,(H,12,13)/t;2-,3-,4+,5-/m.1/s1. The van der Waals surface area contributed by atoms with E-state index in [0.29, 0.717) is 40.7 Å². The Kier molecular flexibility index (Phi) is 15.5. The van der Waals surface area contributed by atoms with E-state index in [1.54, 1.807) is 38.1 Å². The molecule has 0 radical (unpaired) electrons. The van der Waals surface area contributed by atoms with Crippen molar-refractivity contribution < 1.29 is 59.2 Å². The number of carboxylic acids is 1. The van der Waals surface area contributed by atoms with Gasteiger partial charge in [0.1, 0.15) is 18.3 Å². The summed E-state index contributed by atoms with van der Waals surface area (Å²) in [4.78, 5) is 35.6. The second-order valence-corrected chi connectivity index (χ2v) is 8.99. The monoisotopic (exact) mass is 604 g/mol. The molecular weight excluding hydrogens is 568 g/mol. The summed E-state index contributed by atoms with van der Waals surface area (Å²) in [5.74, 6) is -3.59. The van der Waals surface area contributed by atoms with Crippen LogP contribution in [0, 0.1) is 0 Å². The highest BCUT2D eigenvalue weighted by molar-refractivity contribution is 6.31. The van der Waals surface area contributed by atoms with Gasteiger partial charge in [0.15, 0.2) is 6.10 Å². The molecule has 0 aromatic heterocycles. The number of hydrogen-bond acceptors (Lipinski definition) is 13. The van der Waals surface area contributed by atoms with Crippen LogP contribution in [0.15, 0.2) is 46.8 Å². The topological polar surface area (TPSA) is 238 Å². The molecule has 0 amide bonds. The number of aliphatic carboxylic acids is 1. The van der Waals surface area contributed by atoms with Crippen molar-refractivity contribution in [1.82, 2.24) is 5.32 Å². The number of nitrogens with two attached hydrogens (primary N) is 1. The van der Waals surface area contributed by atoms with Gasteiger partial charge in [-0.15, -0.1) is 0 Å². The molecule has 0 fully saturated rings. The Balaban J connectivity index is 0.000000545. The molecule has 0 saturated heterocycles. The molecule has 0 aliphatic carbocycles. The van der Waals surface area contributed by atoms with Crippen LogP contribution in [0.25, 0.3) is 0 Å². The number of dihydropyridines is 1. The highest BCUT2D eigenvalue weighted by Gasteiger charge is 2.39. The first-order valence-corrected chi connectivity index (χ1v) is 12.8. The molecule has 0 spiro atoms. The maximum atomic E-state index is 12.9. The van der Waals surface area contributed by atoms with Gasteiger partial charge in [-0.25, -0.2) is 14.4 Å². The summed E-state index contributed by atoms with van der Waals surface area (Å²) in [5, 5.41) is 55.3. The Morgan fingerprint density at radius 1 is 1.07 bits per heavy atom. The first-order valence-electron chi connectivity index (χ1n) is 12.4. The van der Waals surface area contributed by atoms with Crippen LogP contribution >= 0.6 is 11.6 Å². The third-order valence-corrected chi connectivity index (χ3v) is 6.12. The lowest BCUT2D eigenvalue weighted by atomic mass is 9.80. The van der Waals surface area contributed by atoms with Crippen molar-refractivity contribution in [2.45, 2.75) is 44.2 Å². The zero-order valence-corrected chi connectivity index (χ0v) is 23.6. The zero-order valence-electron chi connectivity index (χ0n) is 22.8. The van der Waals surface area contributed by atoms with E-state index in [0.717, 1.165) is 0 Å². The molecule has 1 aliphatic rings. The van der Waals surface area contributed by atoms with Crippen LogP contribution in [0.3, 0.4) is 0 Å². The number of hydrogen-bond donors (Lipinski definition) is 8. The summed E-state index contributed by atoms with van der Waals surface area (Å²) < 4.78 is 15.8. The molecule has 41 heavy (non-hydrogen) atoms. The molecule has 1 unspecified atom stereocenters. The van der Waals surface area contributed by atoms with Crippen molar-refractivity contribution in [2.24, 2.45) is 5.73 Å². The third-order valence-electron chi connectivity index (χ3n) is 5.78. The summed E-state index contributed by atoms with van der Waals surface area (Å²) in [6, 6.07) is 7.05. The van der Waals surface area contributed by atoms with Crippen molar-refractivity contribution >= 4 is 29.5 Å². The smallest absolute Gasteiger partial charge is 0.336 e. The number of nitrogens with one attached hydrogen (secondary N) is 1. The van der Waals surface area contributed by atoms with Crippen molar-refractivity contribution in [1.29, 1.82) is 0 Å². The fourth-order valence-electron chi connectivity index (χ4n) is 3.79. The highest BCUT2D eigenvalue weighted by Crippen LogP contribution is 2.41. The predicted molar refractivity (Wildman–Crippen MR) is 144 cm³/mol. The number of methoxy groups -OCH3 is 1. The molecule has 1 heterocycles. The van der Waals surface area contributed by atoms with E-state index in [9.17, 15) is 14.4 Å². The fraction of sp³-hybridized carbons (Fsp3) is 0.500. The van der Waals surface area contributed by atoms with Crippen molar-refractivity contribution in [2.75, 3.05) is 40.1 Å². The summed E-state index contributed by atoms with van der Waals surface area (Å²) in [6.07, 6.45) is -7.84. The Labute approximate surface area is 241 Å². The van der Waals surface area contributed by atoms with E-state index in [-0.39, 0.29) is 18.8 Å². The van der Waals surface area contributed by atoms with E-state index in [4.69, 9.17) is 62.2 Å². The average Bonchev–Trinajstić information content (AvgIpc) is 2.95. The van der Waals surface area contributed by atoms with E-state index in [1.165, 1.54) is 7.11 Å². The van der Waals surface area contributed by atoms with E-state index >= 15 is 0 Å². The van der Waals surface area contributed by atoms with Crippen LogP contribution in [-0.2, 0) is 28.6 Å². The number of carbonyl (C=O) groups excluding carboxylic acids is 2. The number of benzene rings is 1. The SMILES string of the molecule is CCOC(=O)C1=C(COCCN)NC(C)=C(C(=O)OC)C1c1ccccc1Cl.O=C(O)[C@H](O)[C@@H](O)[C@H](O)[C@H](O)CO. The zero-order chi connectivity index (χ0) is 31.3. The molecule has 1 aromatic carbocycles.